The minimum absolute atomic E-state index is 0.0312. The molecule has 2 heterocycles. The summed E-state index contributed by atoms with van der Waals surface area (Å²) in [4.78, 5) is 36.1. The van der Waals surface area contributed by atoms with Crippen molar-refractivity contribution >= 4 is 17.1 Å². The van der Waals surface area contributed by atoms with E-state index < -0.39 is 11.6 Å². The lowest BCUT2D eigenvalue weighted by molar-refractivity contribution is 0.0996. The van der Waals surface area contributed by atoms with E-state index in [0.717, 1.165) is 12.8 Å². The Morgan fingerprint density at radius 1 is 1.19 bits per heavy atom. The van der Waals surface area contributed by atoms with Crippen LogP contribution < -0.4 is 16.2 Å². The number of carbonyl (C=O) groups is 1. The molecule has 0 radical (unpaired) electrons. The highest BCUT2D eigenvalue weighted by molar-refractivity contribution is 6.01. The molecule has 1 amide bonds. The number of hydrogen-bond donors (Lipinski definition) is 2. The van der Waals surface area contributed by atoms with E-state index in [1.165, 1.54) is 4.57 Å². The van der Waals surface area contributed by atoms with Gasteiger partial charge < -0.3 is 15.5 Å². The molecular formula is C19H23N5O3. The number of rotatable bonds is 7. The van der Waals surface area contributed by atoms with Crippen molar-refractivity contribution in [1.29, 1.82) is 0 Å². The molecule has 0 aliphatic rings. The van der Waals surface area contributed by atoms with Gasteiger partial charge in [0.15, 0.2) is 11.3 Å². The number of hydrogen-bond acceptors (Lipinski definition) is 5. The van der Waals surface area contributed by atoms with Crippen LogP contribution in [0, 0.1) is 0 Å². The number of fused-ring (bicyclic) bond motifs is 1. The molecule has 0 atom stereocenters. The van der Waals surface area contributed by atoms with Gasteiger partial charge in [0.25, 0.3) is 5.91 Å². The molecule has 3 rings (SSSR count). The fraction of sp³-hybridized carbons (Fsp3) is 0.368. The van der Waals surface area contributed by atoms with Gasteiger partial charge in [0, 0.05) is 5.92 Å². The van der Waals surface area contributed by atoms with Crippen LogP contribution in [0.4, 0.5) is 0 Å². The van der Waals surface area contributed by atoms with Gasteiger partial charge in [-0.15, -0.1) is 0 Å². The summed E-state index contributed by atoms with van der Waals surface area (Å²) in [6.07, 6.45) is 1.63. The summed E-state index contributed by atoms with van der Waals surface area (Å²) in [6.45, 7) is 6.52. The highest BCUT2D eigenvalue weighted by atomic mass is 16.5. The predicted octanol–water partition coefficient (Wildman–Crippen LogP) is 2.51. The van der Waals surface area contributed by atoms with Crippen molar-refractivity contribution in [3.8, 4) is 11.4 Å². The molecule has 0 unspecified atom stereocenters. The number of primary amides is 1. The topological polar surface area (TPSA) is 116 Å². The van der Waals surface area contributed by atoms with Crippen molar-refractivity contribution in [2.45, 2.75) is 39.5 Å². The van der Waals surface area contributed by atoms with Crippen LogP contribution in [0.5, 0.6) is 5.75 Å². The Balaban J connectivity index is 2.25. The molecule has 27 heavy (non-hydrogen) atoms. The first kappa shape index (κ1) is 18.6. The second-order valence-electron chi connectivity index (χ2n) is 6.20. The van der Waals surface area contributed by atoms with Crippen molar-refractivity contribution in [3.05, 3.63) is 46.3 Å². The Hall–Kier alpha value is -3.16. The van der Waals surface area contributed by atoms with Crippen molar-refractivity contribution < 1.29 is 9.53 Å². The van der Waals surface area contributed by atoms with Crippen LogP contribution in [0.2, 0.25) is 0 Å². The third-order valence-electron chi connectivity index (χ3n) is 4.54. The molecule has 3 aromatic rings. The maximum Gasteiger partial charge on any atom is 0.332 e. The third-order valence-corrected chi connectivity index (χ3v) is 4.54. The lowest BCUT2D eigenvalue weighted by Crippen LogP contribution is -2.17. The molecular weight excluding hydrogens is 346 g/mol. The number of imidazole rings is 1. The van der Waals surface area contributed by atoms with Crippen molar-refractivity contribution in [1.82, 2.24) is 19.5 Å². The Labute approximate surface area is 156 Å². The smallest absolute Gasteiger partial charge is 0.332 e. The van der Waals surface area contributed by atoms with Crippen LogP contribution >= 0.6 is 0 Å². The molecule has 0 saturated heterocycles. The first-order valence-electron chi connectivity index (χ1n) is 9.05. The standard InChI is InChI=1S/C19H23N5O3/c1-4-11(5-2)17-21-14(16(20)25)15-18(23-17)24(19(26)22-15)12-7-9-13(10-8-12)27-6-3/h7-11H,4-6H2,1-3H3,(H2,20,25)(H,22,26). The molecule has 3 N–H and O–H groups in total. The second kappa shape index (κ2) is 7.61. The number of ether oxygens (including phenoxy) is 1. The second-order valence-corrected chi connectivity index (χ2v) is 6.20. The molecule has 8 heteroatoms. The van der Waals surface area contributed by atoms with E-state index in [9.17, 15) is 9.59 Å². The lowest BCUT2D eigenvalue weighted by atomic mass is 10.0. The van der Waals surface area contributed by atoms with Crippen molar-refractivity contribution in [3.63, 3.8) is 0 Å². The number of aromatic nitrogens is 4. The fourth-order valence-corrected chi connectivity index (χ4v) is 3.11. The molecule has 0 fully saturated rings. The Morgan fingerprint density at radius 3 is 2.41 bits per heavy atom. The highest BCUT2D eigenvalue weighted by Gasteiger charge is 2.22. The minimum Gasteiger partial charge on any atom is -0.494 e. The summed E-state index contributed by atoms with van der Waals surface area (Å²) in [5.41, 5.74) is 6.33. The molecule has 0 spiro atoms. The van der Waals surface area contributed by atoms with Crippen LogP contribution in [0.15, 0.2) is 29.1 Å². The first-order chi connectivity index (χ1) is 13.0. The van der Waals surface area contributed by atoms with Crippen LogP contribution in [0.1, 0.15) is 55.8 Å². The number of nitrogens with one attached hydrogen (secondary N) is 1. The zero-order valence-electron chi connectivity index (χ0n) is 15.7. The van der Waals surface area contributed by atoms with Crippen LogP contribution in [-0.2, 0) is 0 Å². The van der Waals surface area contributed by atoms with E-state index in [2.05, 4.69) is 15.0 Å². The molecule has 8 nitrogen and oxygen atoms in total. The van der Waals surface area contributed by atoms with Crippen LogP contribution in [0.25, 0.3) is 16.9 Å². The summed E-state index contributed by atoms with van der Waals surface area (Å²) in [7, 11) is 0. The van der Waals surface area contributed by atoms with Gasteiger partial charge in [-0.3, -0.25) is 4.79 Å². The van der Waals surface area contributed by atoms with Gasteiger partial charge >= 0.3 is 5.69 Å². The molecule has 142 valence electrons. The SMILES string of the molecule is CCOc1ccc(-n2c(=O)[nH]c3c(C(N)=O)nc(C(CC)CC)nc32)cc1. The van der Waals surface area contributed by atoms with E-state index in [0.29, 0.717) is 29.5 Å². The average molecular weight is 369 g/mol. The summed E-state index contributed by atoms with van der Waals surface area (Å²) in [5.74, 6) is 0.597. The number of amides is 1. The van der Waals surface area contributed by atoms with E-state index >= 15 is 0 Å². The Bertz CT molecular complexity index is 1020. The molecule has 0 aliphatic heterocycles. The largest absolute Gasteiger partial charge is 0.494 e. The summed E-state index contributed by atoms with van der Waals surface area (Å²) in [6, 6.07) is 7.09. The number of nitrogens with zero attached hydrogens (tertiary/aromatic N) is 3. The summed E-state index contributed by atoms with van der Waals surface area (Å²) >= 11 is 0. The van der Waals surface area contributed by atoms with E-state index in [1.54, 1.807) is 24.3 Å². The minimum atomic E-state index is -0.699. The van der Waals surface area contributed by atoms with Gasteiger partial charge in [0.1, 0.15) is 17.1 Å². The number of carbonyl (C=O) groups excluding carboxylic acids is 1. The fourth-order valence-electron chi connectivity index (χ4n) is 3.11. The molecule has 2 aromatic heterocycles. The monoisotopic (exact) mass is 369 g/mol. The average Bonchev–Trinajstić information content (AvgIpc) is 2.99. The maximum absolute atomic E-state index is 12.6. The van der Waals surface area contributed by atoms with Gasteiger partial charge in [0.05, 0.1) is 12.3 Å². The zero-order valence-corrected chi connectivity index (χ0v) is 15.7. The number of aromatic amines is 1. The molecule has 1 aromatic carbocycles. The van der Waals surface area contributed by atoms with Gasteiger partial charge in [-0.1, -0.05) is 13.8 Å². The summed E-state index contributed by atoms with van der Waals surface area (Å²) < 4.78 is 6.87. The third kappa shape index (κ3) is 3.42. The molecule has 0 aliphatic carbocycles. The van der Waals surface area contributed by atoms with E-state index in [-0.39, 0.29) is 17.1 Å². The quantitative estimate of drug-likeness (QED) is 0.664. The normalized spacial score (nSPS) is 11.3. The van der Waals surface area contributed by atoms with E-state index in [1.807, 2.05) is 20.8 Å². The van der Waals surface area contributed by atoms with Crippen molar-refractivity contribution in [2.75, 3.05) is 6.61 Å². The number of H-pyrrole nitrogens is 1. The van der Waals surface area contributed by atoms with Crippen molar-refractivity contribution in [2.24, 2.45) is 5.73 Å². The molecule has 0 bridgehead atoms. The number of nitrogens with two attached hydrogens (primary N) is 1. The zero-order chi connectivity index (χ0) is 19.6. The highest BCUT2D eigenvalue weighted by Crippen LogP contribution is 2.24. The van der Waals surface area contributed by atoms with Gasteiger partial charge in [0.2, 0.25) is 0 Å². The maximum atomic E-state index is 12.6. The Morgan fingerprint density at radius 2 is 1.85 bits per heavy atom. The summed E-state index contributed by atoms with van der Waals surface area (Å²) in [5, 5.41) is 0. The van der Waals surface area contributed by atoms with Gasteiger partial charge in [-0.25, -0.2) is 19.3 Å². The lowest BCUT2D eigenvalue weighted by Gasteiger charge is -2.12. The molecule has 0 saturated carbocycles. The van der Waals surface area contributed by atoms with E-state index in [4.69, 9.17) is 10.5 Å². The van der Waals surface area contributed by atoms with Gasteiger partial charge in [-0.2, -0.15) is 0 Å². The Kier molecular flexibility index (Phi) is 5.25. The number of benzene rings is 1. The van der Waals surface area contributed by atoms with Crippen LogP contribution in [-0.4, -0.2) is 32.0 Å². The predicted molar refractivity (Wildman–Crippen MR) is 102 cm³/mol. The van der Waals surface area contributed by atoms with Crippen LogP contribution in [0.3, 0.4) is 0 Å². The first-order valence-corrected chi connectivity index (χ1v) is 9.05. The van der Waals surface area contributed by atoms with Gasteiger partial charge in [-0.05, 0) is 44.0 Å².